The first kappa shape index (κ1) is 30.2. The predicted octanol–water partition coefficient (Wildman–Crippen LogP) is 5.44. The molecule has 2 heterocycles. The van der Waals surface area contributed by atoms with Crippen LogP contribution in [0.15, 0.2) is 42.5 Å². The number of aliphatic hydroxyl groups is 1. The second-order valence-electron chi connectivity index (χ2n) is 11.9. The minimum Gasteiger partial charge on any atom is -0.497 e. The molecule has 0 unspecified atom stereocenters. The fraction of sp³-hybridized carbons (Fsp3) is 0.562. The Balaban J connectivity index is 1.29. The normalized spacial score (nSPS) is 18.5. The number of carbonyl (C=O) groups excluding carboxylic acids is 2. The number of carbonyl (C=O) groups is 2. The largest absolute Gasteiger partial charge is 0.497 e. The van der Waals surface area contributed by atoms with Crippen molar-refractivity contribution in [2.45, 2.75) is 51.6 Å². The van der Waals surface area contributed by atoms with Gasteiger partial charge in [0, 0.05) is 46.0 Å². The van der Waals surface area contributed by atoms with Crippen molar-refractivity contribution in [3.8, 4) is 5.75 Å². The highest BCUT2D eigenvalue weighted by atomic mass is 35.5. The van der Waals surface area contributed by atoms with Gasteiger partial charge in [0.25, 0.3) is 11.8 Å². The zero-order chi connectivity index (χ0) is 29.0. The van der Waals surface area contributed by atoms with E-state index in [1.807, 2.05) is 55.1 Å². The summed E-state index contributed by atoms with van der Waals surface area (Å²) >= 11 is 6.45. The molecular weight excluding hydrogens is 526 g/mol. The Hall–Kier alpha value is -2.77. The molecule has 4 rings (SSSR count). The average molecular weight is 570 g/mol. The summed E-state index contributed by atoms with van der Waals surface area (Å²) in [6, 6.07) is 13.0. The van der Waals surface area contributed by atoms with Crippen molar-refractivity contribution < 1.29 is 19.4 Å². The molecule has 0 spiro atoms. The lowest BCUT2D eigenvalue weighted by atomic mass is 9.80. The second-order valence-corrected chi connectivity index (χ2v) is 12.3. The SMILES string of the molecule is COc1cccc([C@@](O)(C(=O)N2CCC(CC3CCN(c4ccc(C(=O)N(C)C)c(Cl)c4)CC3)CC2)C(C)C)c1. The van der Waals surface area contributed by atoms with Gasteiger partial charge < -0.3 is 24.5 Å². The number of hydrogen-bond donors (Lipinski definition) is 1. The molecule has 1 N–H and O–H groups in total. The summed E-state index contributed by atoms with van der Waals surface area (Å²) < 4.78 is 5.34. The van der Waals surface area contributed by atoms with Gasteiger partial charge in [-0.15, -0.1) is 0 Å². The number of likely N-dealkylation sites (tertiary alicyclic amines) is 1. The number of rotatable bonds is 8. The summed E-state index contributed by atoms with van der Waals surface area (Å²) in [5.41, 5.74) is 0.611. The number of piperidine rings is 2. The van der Waals surface area contributed by atoms with Crippen molar-refractivity contribution >= 4 is 29.1 Å². The molecule has 0 aliphatic carbocycles. The molecule has 0 radical (unpaired) electrons. The number of methoxy groups -OCH3 is 1. The Kier molecular flexibility index (Phi) is 9.68. The van der Waals surface area contributed by atoms with E-state index in [0.717, 1.165) is 44.5 Å². The fourth-order valence-electron chi connectivity index (χ4n) is 6.19. The molecule has 0 saturated carbocycles. The van der Waals surface area contributed by atoms with E-state index in [4.69, 9.17) is 16.3 Å². The summed E-state index contributed by atoms with van der Waals surface area (Å²) in [5, 5.41) is 12.1. The number of amides is 2. The molecule has 218 valence electrons. The Bertz CT molecular complexity index is 1190. The van der Waals surface area contributed by atoms with E-state index in [9.17, 15) is 14.7 Å². The highest BCUT2D eigenvalue weighted by Gasteiger charge is 2.44. The molecule has 2 aliphatic rings. The monoisotopic (exact) mass is 569 g/mol. The van der Waals surface area contributed by atoms with E-state index < -0.39 is 5.60 Å². The number of halogens is 1. The van der Waals surface area contributed by atoms with Crippen molar-refractivity contribution in [2.75, 3.05) is 52.3 Å². The Morgan fingerprint density at radius 3 is 2.20 bits per heavy atom. The van der Waals surface area contributed by atoms with Crippen molar-refractivity contribution in [2.24, 2.45) is 17.8 Å². The van der Waals surface area contributed by atoms with E-state index in [1.165, 1.54) is 11.3 Å². The number of benzene rings is 2. The van der Waals surface area contributed by atoms with Crippen molar-refractivity contribution in [3.05, 3.63) is 58.6 Å². The van der Waals surface area contributed by atoms with Gasteiger partial charge in [0.15, 0.2) is 5.60 Å². The minimum absolute atomic E-state index is 0.0859. The highest BCUT2D eigenvalue weighted by Crippen LogP contribution is 2.37. The second kappa shape index (κ2) is 12.8. The summed E-state index contributed by atoms with van der Waals surface area (Å²) in [6.45, 7) is 7.09. The lowest BCUT2D eigenvalue weighted by Crippen LogP contribution is -2.52. The molecule has 2 aromatic rings. The van der Waals surface area contributed by atoms with Crippen LogP contribution in [0.2, 0.25) is 5.02 Å². The summed E-state index contributed by atoms with van der Waals surface area (Å²) in [4.78, 5) is 31.7. The molecule has 2 aromatic carbocycles. The van der Waals surface area contributed by atoms with Crippen LogP contribution in [0.3, 0.4) is 0 Å². The van der Waals surface area contributed by atoms with Gasteiger partial charge in [0.1, 0.15) is 5.75 Å². The summed E-state index contributed by atoms with van der Waals surface area (Å²) in [7, 11) is 5.05. The maximum atomic E-state index is 13.6. The average Bonchev–Trinajstić information content (AvgIpc) is 2.96. The molecular formula is C32H44ClN3O4. The van der Waals surface area contributed by atoms with Gasteiger partial charge in [-0.05, 0) is 85.8 Å². The van der Waals surface area contributed by atoms with Crippen LogP contribution in [0, 0.1) is 17.8 Å². The standard InChI is InChI=1S/C32H44ClN3O4/c1-22(2)32(39,25-7-6-8-27(20-25)40-5)31(38)36-17-13-24(14-18-36)19-23-11-15-35(16-12-23)26-9-10-28(29(33)21-26)30(37)34(3)4/h6-10,20-24,39H,11-19H2,1-5H3/t32-/m1/s1. The lowest BCUT2D eigenvalue weighted by molar-refractivity contribution is -0.159. The van der Waals surface area contributed by atoms with Crippen LogP contribution in [-0.2, 0) is 10.4 Å². The van der Waals surface area contributed by atoms with E-state index in [1.54, 1.807) is 27.3 Å². The number of anilines is 1. The van der Waals surface area contributed by atoms with Gasteiger partial charge in [-0.25, -0.2) is 0 Å². The third kappa shape index (κ3) is 6.41. The van der Waals surface area contributed by atoms with Crippen LogP contribution < -0.4 is 9.64 Å². The Morgan fingerprint density at radius 1 is 1.02 bits per heavy atom. The molecule has 7 nitrogen and oxygen atoms in total. The van der Waals surface area contributed by atoms with Gasteiger partial charge >= 0.3 is 0 Å². The van der Waals surface area contributed by atoms with E-state index in [-0.39, 0.29) is 17.7 Å². The van der Waals surface area contributed by atoms with Crippen LogP contribution in [0.5, 0.6) is 5.75 Å². The Labute approximate surface area is 244 Å². The van der Waals surface area contributed by atoms with E-state index in [0.29, 0.717) is 46.8 Å². The minimum atomic E-state index is -1.57. The highest BCUT2D eigenvalue weighted by molar-refractivity contribution is 6.34. The Morgan fingerprint density at radius 2 is 1.65 bits per heavy atom. The summed E-state index contributed by atoms with van der Waals surface area (Å²) in [5.74, 6) is 1.33. The van der Waals surface area contributed by atoms with E-state index in [2.05, 4.69) is 4.90 Å². The van der Waals surface area contributed by atoms with Crippen molar-refractivity contribution in [1.82, 2.24) is 9.80 Å². The molecule has 8 heteroatoms. The molecule has 1 atom stereocenters. The van der Waals surface area contributed by atoms with Crippen LogP contribution in [0.4, 0.5) is 5.69 Å². The van der Waals surface area contributed by atoms with Gasteiger partial charge in [-0.3, -0.25) is 9.59 Å². The van der Waals surface area contributed by atoms with Crippen LogP contribution in [0.25, 0.3) is 0 Å². The van der Waals surface area contributed by atoms with E-state index >= 15 is 0 Å². The first-order valence-electron chi connectivity index (χ1n) is 14.5. The van der Waals surface area contributed by atoms with Gasteiger partial charge in [0.2, 0.25) is 0 Å². The lowest BCUT2D eigenvalue weighted by Gasteiger charge is -2.41. The molecule has 2 amide bonds. The van der Waals surface area contributed by atoms with Gasteiger partial charge in [-0.2, -0.15) is 0 Å². The van der Waals surface area contributed by atoms with Crippen LogP contribution in [0.1, 0.15) is 61.9 Å². The van der Waals surface area contributed by atoms with Gasteiger partial charge in [-0.1, -0.05) is 37.6 Å². The maximum absolute atomic E-state index is 13.6. The molecule has 0 bridgehead atoms. The first-order chi connectivity index (χ1) is 19.0. The zero-order valence-electron chi connectivity index (χ0n) is 24.5. The topological polar surface area (TPSA) is 73.3 Å². The van der Waals surface area contributed by atoms with Crippen molar-refractivity contribution in [3.63, 3.8) is 0 Å². The molecule has 2 fully saturated rings. The third-order valence-electron chi connectivity index (χ3n) is 8.81. The van der Waals surface area contributed by atoms with Crippen molar-refractivity contribution in [1.29, 1.82) is 0 Å². The number of hydrogen-bond acceptors (Lipinski definition) is 5. The molecule has 0 aromatic heterocycles. The number of ether oxygens (including phenoxy) is 1. The summed E-state index contributed by atoms with van der Waals surface area (Å²) in [6.07, 6.45) is 5.36. The maximum Gasteiger partial charge on any atom is 0.259 e. The third-order valence-corrected chi connectivity index (χ3v) is 9.12. The number of nitrogens with zero attached hydrogens (tertiary/aromatic N) is 3. The predicted molar refractivity (Wildman–Crippen MR) is 160 cm³/mol. The van der Waals surface area contributed by atoms with Crippen LogP contribution in [-0.4, -0.2) is 74.1 Å². The first-order valence-corrected chi connectivity index (χ1v) is 14.8. The van der Waals surface area contributed by atoms with Gasteiger partial charge in [0.05, 0.1) is 17.7 Å². The zero-order valence-corrected chi connectivity index (χ0v) is 25.3. The van der Waals surface area contributed by atoms with Crippen LogP contribution >= 0.6 is 11.6 Å². The fourth-order valence-corrected chi connectivity index (χ4v) is 6.45. The quantitative estimate of drug-likeness (QED) is 0.458. The molecule has 2 aliphatic heterocycles. The molecule has 2 saturated heterocycles. The smallest absolute Gasteiger partial charge is 0.259 e. The molecule has 40 heavy (non-hydrogen) atoms.